The number of allylic oxidation sites excluding steroid dienone is 4. The molecule has 0 saturated carbocycles. The SMILES string of the molecule is C=C(/C=C\C=C(/C)Nc1cc(-c2cccc(CNCCO)c2)cn2ncnc12)N1CCCC1C. The predicted octanol–water partition coefficient (Wildman–Crippen LogP) is 4.35. The molecule has 3 aromatic rings. The van der Waals surface area contributed by atoms with Crippen molar-refractivity contribution in [2.45, 2.75) is 39.3 Å². The van der Waals surface area contributed by atoms with Crippen LogP contribution in [0.3, 0.4) is 0 Å². The Morgan fingerprint density at radius 2 is 2.18 bits per heavy atom. The number of likely N-dealkylation sites (tertiary alicyclic amines) is 1. The molecule has 1 atom stereocenters. The molecule has 1 saturated heterocycles. The molecular weight excluding hydrogens is 424 g/mol. The zero-order valence-electron chi connectivity index (χ0n) is 20.0. The van der Waals surface area contributed by atoms with Crippen LogP contribution in [0.15, 0.2) is 79.1 Å². The summed E-state index contributed by atoms with van der Waals surface area (Å²) in [6.45, 7) is 11.0. The smallest absolute Gasteiger partial charge is 0.178 e. The van der Waals surface area contributed by atoms with E-state index in [-0.39, 0.29) is 6.61 Å². The van der Waals surface area contributed by atoms with Crippen molar-refractivity contribution in [3.8, 4) is 11.1 Å². The maximum absolute atomic E-state index is 9.00. The van der Waals surface area contributed by atoms with E-state index in [4.69, 9.17) is 5.11 Å². The standard InChI is InChI=1S/C27H34N6O/c1-20(7-4-8-21(2)32-13-6-9-22(32)3)31-26-16-25(18-33-27(26)29-19-30-33)24-11-5-10-23(15-24)17-28-12-14-34/h4-5,7-8,10-11,15-16,18-19,22,28,31,34H,2,6,9,12-14,17H2,1,3H3/b8-4-,20-7+. The van der Waals surface area contributed by atoms with Gasteiger partial charge < -0.3 is 20.6 Å². The van der Waals surface area contributed by atoms with Crippen LogP contribution < -0.4 is 10.6 Å². The lowest BCUT2D eigenvalue weighted by Crippen LogP contribution is -2.24. The van der Waals surface area contributed by atoms with E-state index in [1.54, 1.807) is 10.8 Å². The van der Waals surface area contributed by atoms with Crippen LogP contribution in [0.25, 0.3) is 16.8 Å². The molecule has 3 heterocycles. The molecule has 1 fully saturated rings. The molecular formula is C27H34N6O. The van der Waals surface area contributed by atoms with Crippen LogP contribution in [-0.2, 0) is 6.54 Å². The van der Waals surface area contributed by atoms with E-state index in [9.17, 15) is 0 Å². The average Bonchev–Trinajstić information content (AvgIpc) is 3.48. The van der Waals surface area contributed by atoms with Gasteiger partial charge in [-0.15, -0.1) is 0 Å². The monoisotopic (exact) mass is 458 g/mol. The minimum atomic E-state index is 0.130. The van der Waals surface area contributed by atoms with Crippen molar-refractivity contribution >= 4 is 11.3 Å². The van der Waals surface area contributed by atoms with Crippen molar-refractivity contribution in [3.05, 3.63) is 84.6 Å². The van der Waals surface area contributed by atoms with Crippen molar-refractivity contribution < 1.29 is 5.11 Å². The quantitative estimate of drug-likeness (QED) is 0.310. The molecule has 34 heavy (non-hydrogen) atoms. The van der Waals surface area contributed by atoms with E-state index >= 15 is 0 Å². The highest BCUT2D eigenvalue weighted by atomic mass is 16.3. The van der Waals surface area contributed by atoms with Gasteiger partial charge in [0.15, 0.2) is 5.65 Å². The Morgan fingerprint density at radius 3 is 2.97 bits per heavy atom. The van der Waals surface area contributed by atoms with E-state index in [2.05, 4.69) is 75.5 Å². The molecule has 1 unspecified atom stereocenters. The lowest BCUT2D eigenvalue weighted by molar-refractivity contribution is 0.292. The fraction of sp³-hybridized carbons (Fsp3) is 0.333. The van der Waals surface area contributed by atoms with Crippen LogP contribution in [0, 0.1) is 0 Å². The van der Waals surface area contributed by atoms with E-state index < -0.39 is 0 Å². The summed E-state index contributed by atoms with van der Waals surface area (Å²) in [5, 5.41) is 20.1. The maximum atomic E-state index is 9.00. The second-order valence-electron chi connectivity index (χ2n) is 8.78. The Kier molecular flexibility index (Phi) is 7.77. The summed E-state index contributed by atoms with van der Waals surface area (Å²) in [5.41, 5.74) is 7.04. The van der Waals surface area contributed by atoms with Crippen LogP contribution in [-0.4, -0.2) is 50.3 Å². The topological polar surface area (TPSA) is 77.7 Å². The highest BCUT2D eigenvalue weighted by Crippen LogP contribution is 2.27. The number of fused-ring (bicyclic) bond motifs is 1. The fourth-order valence-corrected chi connectivity index (χ4v) is 4.36. The molecule has 2 aromatic heterocycles. The van der Waals surface area contributed by atoms with Gasteiger partial charge in [-0.3, -0.25) is 0 Å². The van der Waals surface area contributed by atoms with E-state index in [1.165, 1.54) is 12.8 Å². The van der Waals surface area contributed by atoms with E-state index in [0.717, 1.165) is 46.0 Å². The minimum absolute atomic E-state index is 0.130. The van der Waals surface area contributed by atoms with Gasteiger partial charge in [-0.25, -0.2) is 9.50 Å². The normalized spacial score (nSPS) is 16.6. The third kappa shape index (κ3) is 5.73. The van der Waals surface area contributed by atoms with Gasteiger partial charge in [0.05, 0.1) is 12.3 Å². The highest BCUT2D eigenvalue weighted by Gasteiger charge is 2.19. The molecule has 0 aliphatic carbocycles. The first kappa shape index (κ1) is 23.7. The number of nitrogens with one attached hydrogen (secondary N) is 2. The van der Waals surface area contributed by atoms with Gasteiger partial charge in [0.1, 0.15) is 6.33 Å². The van der Waals surface area contributed by atoms with Crippen molar-refractivity contribution in [1.29, 1.82) is 0 Å². The molecule has 0 amide bonds. The fourth-order valence-electron chi connectivity index (χ4n) is 4.36. The maximum Gasteiger partial charge on any atom is 0.178 e. The molecule has 1 aromatic carbocycles. The van der Waals surface area contributed by atoms with Crippen molar-refractivity contribution in [3.63, 3.8) is 0 Å². The summed E-state index contributed by atoms with van der Waals surface area (Å²) in [6.07, 6.45) is 12.2. The first-order valence-corrected chi connectivity index (χ1v) is 11.9. The molecule has 0 bridgehead atoms. The van der Waals surface area contributed by atoms with Gasteiger partial charge in [-0.2, -0.15) is 5.10 Å². The first-order valence-electron chi connectivity index (χ1n) is 11.9. The number of hydrogen-bond acceptors (Lipinski definition) is 6. The number of rotatable bonds is 10. The van der Waals surface area contributed by atoms with Gasteiger partial charge in [-0.1, -0.05) is 30.9 Å². The largest absolute Gasteiger partial charge is 0.395 e. The number of nitrogens with zero attached hydrogens (tertiary/aromatic N) is 4. The Labute approximate surface area is 201 Å². The molecule has 0 radical (unpaired) electrons. The second-order valence-corrected chi connectivity index (χ2v) is 8.78. The third-order valence-corrected chi connectivity index (χ3v) is 6.14. The summed E-state index contributed by atoms with van der Waals surface area (Å²) in [6, 6.07) is 11.0. The summed E-state index contributed by atoms with van der Waals surface area (Å²) < 4.78 is 1.80. The molecule has 3 N–H and O–H groups in total. The number of benzene rings is 1. The number of hydrogen-bond donors (Lipinski definition) is 3. The van der Waals surface area contributed by atoms with Gasteiger partial charge in [0.2, 0.25) is 0 Å². The zero-order chi connectivity index (χ0) is 23.9. The zero-order valence-corrected chi connectivity index (χ0v) is 20.0. The van der Waals surface area contributed by atoms with Gasteiger partial charge in [-0.05, 0) is 62.1 Å². The Balaban J connectivity index is 1.52. The second kappa shape index (κ2) is 11.1. The van der Waals surface area contributed by atoms with Crippen LogP contribution in [0.5, 0.6) is 0 Å². The molecule has 178 valence electrons. The number of pyridine rings is 1. The van der Waals surface area contributed by atoms with E-state index in [1.807, 2.05) is 25.3 Å². The first-order chi connectivity index (χ1) is 16.5. The number of aliphatic hydroxyl groups is 1. The Hall–Kier alpha value is -3.42. The Morgan fingerprint density at radius 1 is 1.29 bits per heavy atom. The van der Waals surface area contributed by atoms with Crippen LogP contribution in [0.4, 0.5) is 5.69 Å². The van der Waals surface area contributed by atoms with Crippen molar-refractivity contribution in [2.75, 3.05) is 25.0 Å². The van der Waals surface area contributed by atoms with Crippen molar-refractivity contribution in [1.82, 2.24) is 24.8 Å². The molecule has 7 nitrogen and oxygen atoms in total. The lowest BCUT2D eigenvalue weighted by atomic mass is 10.0. The van der Waals surface area contributed by atoms with Crippen LogP contribution in [0.1, 0.15) is 32.3 Å². The summed E-state index contributed by atoms with van der Waals surface area (Å²) in [4.78, 5) is 6.80. The van der Waals surface area contributed by atoms with Crippen LogP contribution >= 0.6 is 0 Å². The molecule has 7 heteroatoms. The Bertz CT molecular complexity index is 1190. The van der Waals surface area contributed by atoms with Gasteiger partial charge in [0, 0.05) is 48.8 Å². The summed E-state index contributed by atoms with van der Waals surface area (Å²) in [5.74, 6) is 0. The van der Waals surface area contributed by atoms with Crippen molar-refractivity contribution in [2.24, 2.45) is 0 Å². The molecule has 1 aliphatic rings. The molecule has 1 aliphatic heterocycles. The average molecular weight is 459 g/mol. The van der Waals surface area contributed by atoms with Gasteiger partial charge >= 0.3 is 0 Å². The number of aliphatic hydroxyl groups excluding tert-OH is 1. The van der Waals surface area contributed by atoms with E-state index in [0.29, 0.717) is 19.1 Å². The summed E-state index contributed by atoms with van der Waals surface area (Å²) in [7, 11) is 0. The molecule has 4 rings (SSSR count). The number of anilines is 1. The minimum Gasteiger partial charge on any atom is -0.395 e. The number of aromatic nitrogens is 3. The lowest BCUT2D eigenvalue weighted by Gasteiger charge is -2.23. The van der Waals surface area contributed by atoms with Crippen LogP contribution in [0.2, 0.25) is 0 Å². The third-order valence-electron chi connectivity index (χ3n) is 6.14. The predicted molar refractivity (Wildman–Crippen MR) is 138 cm³/mol. The summed E-state index contributed by atoms with van der Waals surface area (Å²) >= 11 is 0. The van der Waals surface area contributed by atoms with Gasteiger partial charge in [0.25, 0.3) is 0 Å². The highest BCUT2D eigenvalue weighted by molar-refractivity contribution is 5.77. The molecule has 0 spiro atoms.